The second kappa shape index (κ2) is 8.30. The van der Waals surface area contributed by atoms with E-state index in [9.17, 15) is 18.0 Å². The summed E-state index contributed by atoms with van der Waals surface area (Å²) in [4.78, 5) is 20.0. The van der Waals surface area contributed by atoms with Gasteiger partial charge in [-0.25, -0.2) is 4.98 Å². The van der Waals surface area contributed by atoms with Crippen molar-refractivity contribution >= 4 is 17.4 Å². The molecule has 8 heteroatoms. The van der Waals surface area contributed by atoms with Crippen LogP contribution in [0.25, 0.3) is 11.1 Å². The Labute approximate surface area is 166 Å². The lowest BCUT2D eigenvalue weighted by Gasteiger charge is -2.12. The number of halogens is 3. The van der Waals surface area contributed by atoms with Crippen LogP contribution in [0.1, 0.15) is 28.5 Å². The lowest BCUT2D eigenvalue weighted by Crippen LogP contribution is -2.15. The molecule has 0 aliphatic heterocycles. The highest BCUT2D eigenvalue weighted by atomic mass is 19.4. The van der Waals surface area contributed by atoms with Gasteiger partial charge in [0.2, 0.25) is 0 Å². The summed E-state index contributed by atoms with van der Waals surface area (Å²) in [5.41, 5.74) is 1.95. The number of aromatic nitrogens is 2. The Morgan fingerprint density at radius 1 is 1.07 bits per heavy atom. The largest absolute Gasteiger partial charge is 0.433 e. The third kappa shape index (κ3) is 4.90. The van der Waals surface area contributed by atoms with Crippen molar-refractivity contribution in [1.29, 1.82) is 0 Å². The Morgan fingerprint density at radius 2 is 1.86 bits per heavy atom. The number of pyridine rings is 2. The molecule has 29 heavy (non-hydrogen) atoms. The Morgan fingerprint density at radius 3 is 2.52 bits per heavy atom. The summed E-state index contributed by atoms with van der Waals surface area (Å²) in [5, 5.41) is 5.76. The number of carbonyl (C=O) groups excluding carboxylic acids is 1. The lowest BCUT2D eigenvalue weighted by molar-refractivity contribution is -0.141. The predicted molar refractivity (Wildman–Crippen MR) is 106 cm³/mol. The van der Waals surface area contributed by atoms with Gasteiger partial charge in [0.05, 0.1) is 0 Å². The number of alkyl halides is 3. The number of aryl methyl sites for hydroxylation is 1. The number of benzene rings is 1. The molecule has 5 nitrogen and oxygen atoms in total. The van der Waals surface area contributed by atoms with Gasteiger partial charge >= 0.3 is 6.18 Å². The van der Waals surface area contributed by atoms with Crippen LogP contribution in [-0.4, -0.2) is 22.4 Å². The third-order valence-electron chi connectivity index (χ3n) is 4.24. The first-order chi connectivity index (χ1) is 13.8. The SMILES string of the molecule is CCNc1ccc(-c2cc(NC(=O)c3ccnc(C(F)(F)F)c3)ccc2C)cn1. The quantitative estimate of drug-likeness (QED) is 0.621. The van der Waals surface area contributed by atoms with Gasteiger partial charge in [-0.15, -0.1) is 0 Å². The summed E-state index contributed by atoms with van der Waals surface area (Å²) in [6.45, 7) is 4.67. The molecule has 1 amide bonds. The third-order valence-corrected chi connectivity index (χ3v) is 4.24. The minimum atomic E-state index is -4.61. The van der Waals surface area contributed by atoms with E-state index in [2.05, 4.69) is 20.6 Å². The van der Waals surface area contributed by atoms with E-state index >= 15 is 0 Å². The average Bonchev–Trinajstić information content (AvgIpc) is 2.70. The fourth-order valence-corrected chi connectivity index (χ4v) is 2.78. The molecule has 2 aromatic heterocycles. The van der Waals surface area contributed by atoms with Gasteiger partial charge in [0, 0.05) is 35.8 Å². The van der Waals surface area contributed by atoms with E-state index in [0.717, 1.165) is 41.3 Å². The molecule has 0 fully saturated rings. The van der Waals surface area contributed by atoms with Crippen molar-refractivity contribution < 1.29 is 18.0 Å². The molecule has 0 aliphatic carbocycles. The molecule has 2 N–H and O–H groups in total. The molecule has 0 radical (unpaired) electrons. The zero-order valence-electron chi connectivity index (χ0n) is 15.8. The van der Waals surface area contributed by atoms with Gasteiger partial charge in [-0.1, -0.05) is 6.07 Å². The van der Waals surface area contributed by atoms with Crippen LogP contribution in [0.3, 0.4) is 0 Å². The van der Waals surface area contributed by atoms with E-state index in [0.29, 0.717) is 5.69 Å². The Hall–Kier alpha value is -3.42. The number of nitrogens with one attached hydrogen (secondary N) is 2. The van der Waals surface area contributed by atoms with E-state index in [1.54, 1.807) is 18.3 Å². The lowest BCUT2D eigenvalue weighted by atomic mass is 10.0. The highest BCUT2D eigenvalue weighted by Crippen LogP contribution is 2.29. The number of hydrogen-bond donors (Lipinski definition) is 2. The molecule has 3 aromatic rings. The molecule has 3 rings (SSSR count). The number of hydrogen-bond acceptors (Lipinski definition) is 4. The van der Waals surface area contributed by atoms with E-state index in [1.807, 2.05) is 32.0 Å². The van der Waals surface area contributed by atoms with Crippen LogP contribution >= 0.6 is 0 Å². The zero-order chi connectivity index (χ0) is 21.0. The predicted octanol–water partition coefficient (Wildman–Crippen LogP) is 5.15. The number of anilines is 2. The molecule has 0 unspecified atom stereocenters. The number of nitrogens with zero attached hydrogens (tertiary/aromatic N) is 2. The van der Waals surface area contributed by atoms with E-state index in [4.69, 9.17) is 0 Å². The van der Waals surface area contributed by atoms with Gasteiger partial charge in [0.25, 0.3) is 5.91 Å². The summed E-state index contributed by atoms with van der Waals surface area (Å²) in [7, 11) is 0. The van der Waals surface area contributed by atoms with Crippen molar-refractivity contribution in [2.75, 3.05) is 17.2 Å². The van der Waals surface area contributed by atoms with Crippen molar-refractivity contribution in [2.24, 2.45) is 0 Å². The first-order valence-corrected chi connectivity index (χ1v) is 8.93. The molecule has 0 spiro atoms. The first kappa shape index (κ1) is 20.3. The number of rotatable bonds is 5. The van der Waals surface area contributed by atoms with Gasteiger partial charge < -0.3 is 10.6 Å². The summed E-state index contributed by atoms with van der Waals surface area (Å²) < 4.78 is 38.4. The summed E-state index contributed by atoms with van der Waals surface area (Å²) >= 11 is 0. The van der Waals surface area contributed by atoms with Crippen molar-refractivity contribution in [3.05, 3.63) is 71.7 Å². The van der Waals surface area contributed by atoms with Gasteiger partial charge in [0.15, 0.2) is 0 Å². The molecular weight excluding hydrogens is 381 g/mol. The van der Waals surface area contributed by atoms with Gasteiger partial charge in [-0.2, -0.15) is 13.2 Å². The maximum Gasteiger partial charge on any atom is 0.433 e. The van der Waals surface area contributed by atoms with Crippen LogP contribution < -0.4 is 10.6 Å². The fraction of sp³-hybridized carbons (Fsp3) is 0.190. The minimum absolute atomic E-state index is 0.119. The number of amides is 1. The monoisotopic (exact) mass is 400 g/mol. The molecule has 0 bridgehead atoms. The second-order valence-electron chi connectivity index (χ2n) is 6.37. The molecule has 0 saturated heterocycles. The van der Waals surface area contributed by atoms with Crippen molar-refractivity contribution in [3.8, 4) is 11.1 Å². The molecule has 150 valence electrons. The van der Waals surface area contributed by atoms with Crippen molar-refractivity contribution in [1.82, 2.24) is 9.97 Å². The van der Waals surface area contributed by atoms with E-state index in [-0.39, 0.29) is 5.56 Å². The van der Waals surface area contributed by atoms with Crippen molar-refractivity contribution in [3.63, 3.8) is 0 Å². The topological polar surface area (TPSA) is 66.9 Å². The fourth-order valence-electron chi connectivity index (χ4n) is 2.78. The average molecular weight is 400 g/mol. The van der Waals surface area contributed by atoms with E-state index < -0.39 is 17.8 Å². The maximum absolute atomic E-state index is 12.8. The number of carbonyl (C=O) groups is 1. The second-order valence-corrected chi connectivity index (χ2v) is 6.37. The van der Waals surface area contributed by atoms with Gasteiger partial charge in [0.1, 0.15) is 11.5 Å². The molecule has 1 aromatic carbocycles. The van der Waals surface area contributed by atoms with Gasteiger partial charge in [-0.05, 0) is 61.4 Å². The molecule has 0 aliphatic rings. The summed E-state index contributed by atoms with van der Waals surface area (Å²) in [6.07, 6.45) is -1.92. The standard InChI is InChI=1S/C21H19F3N4O/c1-3-25-19-7-5-15(12-27-19)17-11-16(6-4-13(17)2)28-20(29)14-8-9-26-18(10-14)21(22,23)24/h4-12H,3H2,1-2H3,(H,25,27)(H,28,29). The highest BCUT2D eigenvalue weighted by Gasteiger charge is 2.32. The van der Waals surface area contributed by atoms with E-state index in [1.165, 1.54) is 6.07 Å². The smallest absolute Gasteiger partial charge is 0.370 e. The molecule has 0 saturated carbocycles. The van der Waals surface area contributed by atoms with Crippen LogP contribution in [0.15, 0.2) is 54.9 Å². The molecule has 0 atom stereocenters. The zero-order valence-corrected chi connectivity index (χ0v) is 15.8. The summed E-state index contributed by atoms with van der Waals surface area (Å²) in [5.74, 6) is 0.116. The van der Waals surface area contributed by atoms with Crippen LogP contribution in [0.2, 0.25) is 0 Å². The first-order valence-electron chi connectivity index (χ1n) is 8.93. The molecule has 2 heterocycles. The Balaban J connectivity index is 1.84. The van der Waals surface area contributed by atoms with Crippen LogP contribution in [0.4, 0.5) is 24.7 Å². The Kier molecular flexibility index (Phi) is 5.81. The maximum atomic E-state index is 12.8. The molecular formula is C21H19F3N4O. The van der Waals surface area contributed by atoms with Crippen molar-refractivity contribution in [2.45, 2.75) is 20.0 Å². The highest BCUT2D eigenvalue weighted by molar-refractivity contribution is 6.04. The van der Waals surface area contributed by atoms with Crippen LogP contribution in [0.5, 0.6) is 0 Å². The minimum Gasteiger partial charge on any atom is -0.370 e. The van der Waals surface area contributed by atoms with Crippen LogP contribution in [0, 0.1) is 6.92 Å². The summed E-state index contributed by atoms with van der Waals surface area (Å²) in [6, 6.07) is 11.0. The normalized spacial score (nSPS) is 11.2. The van der Waals surface area contributed by atoms with Gasteiger partial charge in [-0.3, -0.25) is 9.78 Å². The van der Waals surface area contributed by atoms with Crippen LogP contribution in [-0.2, 0) is 6.18 Å². The Bertz CT molecular complexity index is 1020.